The molecule has 0 atom stereocenters. The van der Waals surface area contributed by atoms with Crippen LogP contribution in [0.4, 0.5) is 0 Å². The molecule has 0 saturated carbocycles. The van der Waals surface area contributed by atoms with Crippen LogP contribution in [0.5, 0.6) is 11.5 Å². The number of nitrogens with zero attached hydrogens (tertiary/aromatic N) is 2. The number of likely N-dealkylation sites (tertiary alicyclic amines) is 1. The van der Waals surface area contributed by atoms with Gasteiger partial charge in [-0.15, -0.1) is 0 Å². The van der Waals surface area contributed by atoms with E-state index in [4.69, 9.17) is 9.47 Å². The third-order valence-corrected chi connectivity index (χ3v) is 4.79. The van der Waals surface area contributed by atoms with E-state index in [-0.39, 0.29) is 5.91 Å². The van der Waals surface area contributed by atoms with Gasteiger partial charge in [0.05, 0.1) is 6.54 Å². The molecule has 0 spiro atoms. The molecule has 5 heteroatoms. The second kappa shape index (κ2) is 7.21. The quantitative estimate of drug-likeness (QED) is 0.836. The van der Waals surface area contributed by atoms with Crippen LogP contribution in [0, 0.1) is 5.92 Å². The lowest BCUT2D eigenvalue weighted by molar-refractivity contribution is -0.133. The molecule has 1 amide bonds. The summed E-state index contributed by atoms with van der Waals surface area (Å²) < 4.78 is 10.8. The monoisotopic (exact) mass is 318 g/mol. The number of rotatable bonds is 5. The topological polar surface area (TPSA) is 42.0 Å². The third-order valence-electron chi connectivity index (χ3n) is 4.79. The number of fused-ring (bicyclic) bond motifs is 1. The van der Waals surface area contributed by atoms with Gasteiger partial charge in [-0.3, -0.25) is 9.69 Å². The van der Waals surface area contributed by atoms with Gasteiger partial charge in [0.15, 0.2) is 11.5 Å². The van der Waals surface area contributed by atoms with Crippen LogP contribution in [0.1, 0.15) is 32.3 Å². The predicted molar refractivity (Wildman–Crippen MR) is 88.5 cm³/mol. The van der Waals surface area contributed by atoms with Crippen molar-refractivity contribution in [3.05, 3.63) is 23.8 Å². The van der Waals surface area contributed by atoms with E-state index < -0.39 is 0 Å². The minimum atomic E-state index is 0.250. The standard InChI is InChI=1S/C18H26N2O3/c1-3-19(12-18(21)20-8-6-14(2)7-9-20)11-15-4-5-16-17(10-15)23-13-22-16/h4-5,10,14H,3,6-9,11-13H2,1-2H3. The minimum absolute atomic E-state index is 0.250. The highest BCUT2D eigenvalue weighted by Crippen LogP contribution is 2.32. The fourth-order valence-electron chi connectivity index (χ4n) is 3.13. The maximum Gasteiger partial charge on any atom is 0.236 e. The Morgan fingerprint density at radius 2 is 2.00 bits per heavy atom. The van der Waals surface area contributed by atoms with Crippen molar-refractivity contribution < 1.29 is 14.3 Å². The molecule has 0 N–H and O–H groups in total. The largest absolute Gasteiger partial charge is 0.454 e. The molecule has 1 saturated heterocycles. The van der Waals surface area contributed by atoms with Crippen molar-refractivity contribution in [2.45, 2.75) is 33.2 Å². The summed E-state index contributed by atoms with van der Waals surface area (Å²) >= 11 is 0. The highest BCUT2D eigenvalue weighted by Gasteiger charge is 2.22. The number of likely N-dealkylation sites (N-methyl/N-ethyl adjacent to an activating group) is 1. The average Bonchev–Trinajstić information content (AvgIpc) is 3.02. The molecule has 126 valence electrons. The molecule has 1 fully saturated rings. The van der Waals surface area contributed by atoms with Gasteiger partial charge in [-0.05, 0) is 43.0 Å². The zero-order valence-corrected chi connectivity index (χ0v) is 14.1. The molecular weight excluding hydrogens is 292 g/mol. The maximum absolute atomic E-state index is 12.5. The number of carbonyl (C=O) groups is 1. The van der Waals surface area contributed by atoms with Gasteiger partial charge in [0.2, 0.25) is 12.7 Å². The van der Waals surface area contributed by atoms with Crippen molar-refractivity contribution in [2.24, 2.45) is 5.92 Å². The van der Waals surface area contributed by atoms with Crippen molar-refractivity contribution in [1.82, 2.24) is 9.80 Å². The van der Waals surface area contributed by atoms with Crippen molar-refractivity contribution in [3.63, 3.8) is 0 Å². The summed E-state index contributed by atoms with van der Waals surface area (Å²) in [5.74, 6) is 2.60. The second-order valence-corrected chi connectivity index (χ2v) is 6.55. The van der Waals surface area contributed by atoms with Crippen LogP contribution in [0.25, 0.3) is 0 Å². The Morgan fingerprint density at radius 3 is 2.74 bits per heavy atom. The van der Waals surface area contributed by atoms with Crippen LogP contribution >= 0.6 is 0 Å². The van der Waals surface area contributed by atoms with Crippen LogP contribution in [-0.2, 0) is 11.3 Å². The van der Waals surface area contributed by atoms with E-state index in [0.29, 0.717) is 13.3 Å². The molecular formula is C18H26N2O3. The zero-order chi connectivity index (χ0) is 16.2. The van der Waals surface area contributed by atoms with Crippen LogP contribution in [-0.4, -0.2) is 48.7 Å². The molecule has 1 aromatic rings. The molecule has 2 aliphatic heterocycles. The molecule has 0 radical (unpaired) electrons. The smallest absolute Gasteiger partial charge is 0.236 e. The molecule has 1 aromatic carbocycles. The SMILES string of the molecule is CCN(CC(=O)N1CCC(C)CC1)Cc1ccc2c(c1)OCO2. The Bertz CT molecular complexity index is 553. The van der Waals surface area contributed by atoms with Crippen LogP contribution < -0.4 is 9.47 Å². The molecule has 2 aliphatic rings. The Morgan fingerprint density at radius 1 is 1.26 bits per heavy atom. The average molecular weight is 318 g/mol. The lowest BCUT2D eigenvalue weighted by Gasteiger charge is -2.32. The lowest BCUT2D eigenvalue weighted by atomic mass is 9.99. The van der Waals surface area contributed by atoms with Crippen LogP contribution in [0.3, 0.4) is 0 Å². The Hall–Kier alpha value is -1.75. The molecule has 0 aromatic heterocycles. The van der Waals surface area contributed by atoms with Gasteiger partial charge in [0.1, 0.15) is 0 Å². The predicted octanol–water partition coefficient (Wildman–Crippen LogP) is 2.50. The molecule has 0 aliphatic carbocycles. The number of hydrogen-bond donors (Lipinski definition) is 0. The Kier molecular flexibility index (Phi) is 5.06. The Balaban J connectivity index is 1.56. The summed E-state index contributed by atoms with van der Waals surface area (Å²) in [4.78, 5) is 16.7. The molecule has 0 unspecified atom stereocenters. The number of hydrogen-bond acceptors (Lipinski definition) is 4. The highest BCUT2D eigenvalue weighted by atomic mass is 16.7. The minimum Gasteiger partial charge on any atom is -0.454 e. The summed E-state index contributed by atoms with van der Waals surface area (Å²) in [5, 5.41) is 0. The lowest BCUT2D eigenvalue weighted by Crippen LogP contribution is -2.43. The first-order valence-corrected chi connectivity index (χ1v) is 8.54. The number of ether oxygens (including phenoxy) is 2. The van der Waals surface area contributed by atoms with Crippen molar-refractivity contribution in [1.29, 1.82) is 0 Å². The maximum atomic E-state index is 12.5. The van der Waals surface area contributed by atoms with Gasteiger partial charge < -0.3 is 14.4 Å². The van der Waals surface area contributed by atoms with Crippen LogP contribution in [0.15, 0.2) is 18.2 Å². The first kappa shape index (κ1) is 16.1. The van der Waals surface area contributed by atoms with Crippen molar-refractivity contribution in [2.75, 3.05) is 33.0 Å². The van der Waals surface area contributed by atoms with Gasteiger partial charge in [0.25, 0.3) is 0 Å². The molecule has 0 bridgehead atoms. The van der Waals surface area contributed by atoms with Crippen molar-refractivity contribution in [3.8, 4) is 11.5 Å². The fourth-order valence-corrected chi connectivity index (χ4v) is 3.13. The summed E-state index contributed by atoms with van der Waals surface area (Å²) in [7, 11) is 0. The second-order valence-electron chi connectivity index (χ2n) is 6.55. The van der Waals surface area contributed by atoms with E-state index in [9.17, 15) is 4.79 Å². The zero-order valence-electron chi connectivity index (χ0n) is 14.1. The van der Waals surface area contributed by atoms with Crippen molar-refractivity contribution >= 4 is 5.91 Å². The van der Waals surface area contributed by atoms with Crippen LogP contribution in [0.2, 0.25) is 0 Å². The number of benzene rings is 1. The first-order valence-electron chi connectivity index (χ1n) is 8.54. The molecule has 3 rings (SSSR count). The summed E-state index contributed by atoms with van der Waals surface area (Å²) in [6.07, 6.45) is 2.25. The van der Waals surface area contributed by atoms with Gasteiger partial charge in [0, 0.05) is 19.6 Å². The van der Waals surface area contributed by atoms with E-state index in [2.05, 4.69) is 18.7 Å². The fraction of sp³-hybridized carbons (Fsp3) is 0.611. The summed E-state index contributed by atoms with van der Waals surface area (Å²) in [6.45, 7) is 8.55. The number of carbonyl (C=O) groups excluding carboxylic acids is 1. The molecule has 23 heavy (non-hydrogen) atoms. The number of amides is 1. The van der Waals surface area contributed by atoms with E-state index in [1.54, 1.807) is 0 Å². The van der Waals surface area contributed by atoms with E-state index in [1.807, 2.05) is 23.1 Å². The van der Waals surface area contributed by atoms with E-state index >= 15 is 0 Å². The first-order chi connectivity index (χ1) is 11.2. The van der Waals surface area contributed by atoms with E-state index in [0.717, 1.165) is 62.0 Å². The highest BCUT2D eigenvalue weighted by molar-refractivity contribution is 5.78. The van der Waals surface area contributed by atoms with Gasteiger partial charge in [-0.2, -0.15) is 0 Å². The summed E-state index contributed by atoms with van der Waals surface area (Å²) in [6, 6.07) is 6.00. The Labute approximate surface area is 138 Å². The van der Waals surface area contributed by atoms with E-state index in [1.165, 1.54) is 0 Å². The third kappa shape index (κ3) is 3.96. The summed E-state index contributed by atoms with van der Waals surface area (Å²) in [5.41, 5.74) is 1.15. The van der Waals surface area contributed by atoms with Gasteiger partial charge in [-0.25, -0.2) is 0 Å². The molecule has 5 nitrogen and oxygen atoms in total. The normalized spacial score (nSPS) is 17.8. The van der Waals surface area contributed by atoms with Gasteiger partial charge in [-0.1, -0.05) is 19.9 Å². The van der Waals surface area contributed by atoms with Gasteiger partial charge >= 0.3 is 0 Å². The number of piperidine rings is 1. The molecule has 2 heterocycles.